The van der Waals surface area contributed by atoms with Gasteiger partial charge in [-0.05, 0) is 13.3 Å². The zero-order chi connectivity index (χ0) is 12.3. The van der Waals surface area contributed by atoms with E-state index < -0.39 is 6.10 Å². The van der Waals surface area contributed by atoms with E-state index in [2.05, 4.69) is 10.4 Å². The van der Waals surface area contributed by atoms with Crippen LogP contribution in [0.5, 0.6) is 0 Å². The minimum absolute atomic E-state index is 0.199. The van der Waals surface area contributed by atoms with Crippen LogP contribution >= 0.6 is 0 Å². The molecule has 0 radical (unpaired) electrons. The molecule has 0 spiro atoms. The lowest BCUT2D eigenvalue weighted by Gasteiger charge is -2.07. The monoisotopic (exact) mass is 226 g/mol. The molecular formula is C10H18N4O2. The molecule has 1 aromatic heterocycles. The van der Waals surface area contributed by atoms with Crippen LogP contribution in [0.1, 0.15) is 30.0 Å². The Kier molecular flexibility index (Phi) is 3.89. The van der Waals surface area contributed by atoms with Gasteiger partial charge >= 0.3 is 0 Å². The minimum Gasteiger partial charge on any atom is -0.395 e. The first kappa shape index (κ1) is 12.5. The van der Waals surface area contributed by atoms with Crippen LogP contribution in [0.3, 0.4) is 0 Å². The van der Waals surface area contributed by atoms with Gasteiger partial charge in [-0.15, -0.1) is 0 Å². The first-order valence-electron chi connectivity index (χ1n) is 5.25. The fourth-order valence-corrected chi connectivity index (χ4v) is 1.45. The van der Waals surface area contributed by atoms with Crippen molar-refractivity contribution >= 4 is 11.6 Å². The lowest BCUT2D eigenvalue weighted by molar-refractivity contribution is 0.0915. The Bertz CT molecular complexity index is 384. The van der Waals surface area contributed by atoms with Crippen LogP contribution in [0.15, 0.2) is 0 Å². The molecular weight excluding hydrogens is 208 g/mol. The number of carbonyl (C=O) groups excluding carboxylic acids is 1. The summed E-state index contributed by atoms with van der Waals surface area (Å²) in [6, 6.07) is 0. The van der Waals surface area contributed by atoms with Crippen LogP contribution in [0.2, 0.25) is 0 Å². The second-order valence-corrected chi connectivity index (χ2v) is 3.75. The predicted octanol–water partition coefficient (Wildman–Crippen LogP) is -0.325. The predicted molar refractivity (Wildman–Crippen MR) is 61.0 cm³/mol. The SMILES string of the molecule is CCc1nn(C)c(C(=O)NC[C@H](C)O)c1N. The van der Waals surface area contributed by atoms with E-state index in [1.807, 2.05) is 6.92 Å². The number of nitrogens with zero attached hydrogens (tertiary/aromatic N) is 2. The van der Waals surface area contributed by atoms with Gasteiger partial charge in [0.25, 0.3) is 5.91 Å². The molecule has 16 heavy (non-hydrogen) atoms. The number of aliphatic hydroxyl groups is 1. The summed E-state index contributed by atoms with van der Waals surface area (Å²) in [5, 5.41) is 15.8. The number of amides is 1. The normalized spacial score (nSPS) is 12.5. The van der Waals surface area contributed by atoms with Gasteiger partial charge in [-0.2, -0.15) is 5.10 Å². The third-order valence-electron chi connectivity index (χ3n) is 2.27. The number of nitrogens with one attached hydrogen (secondary N) is 1. The molecule has 90 valence electrons. The van der Waals surface area contributed by atoms with E-state index in [-0.39, 0.29) is 12.5 Å². The summed E-state index contributed by atoms with van der Waals surface area (Å²) in [6.07, 6.45) is 0.104. The van der Waals surface area contributed by atoms with Gasteiger partial charge < -0.3 is 16.2 Å². The zero-order valence-corrected chi connectivity index (χ0v) is 9.82. The lowest BCUT2D eigenvalue weighted by Crippen LogP contribution is -2.32. The number of carbonyl (C=O) groups is 1. The highest BCUT2D eigenvalue weighted by atomic mass is 16.3. The lowest BCUT2D eigenvalue weighted by atomic mass is 10.2. The van der Waals surface area contributed by atoms with E-state index in [1.165, 1.54) is 4.68 Å². The number of hydrogen-bond donors (Lipinski definition) is 3. The summed E-state index contributed by atoms with van der Waals surface area (Å²) in [5.41, 5.74) is 7.28. The van der Waals surface area contributed by atoms with Crippen molar-refractivity contribution in [1.29, 1.82) is 0 Å². The van der Waals surface area contributed by atoms with Crippen LogP contribution in [0.25, 0.3) is 0 Å². The van der Waals surface area contributed by atoms with Crippen molar-refractivity contribution < 1.29 is 9.90 Å². The zero-order valence-electron chi connectivity index (χ0n) is 9.82. The number of aryl methyl sites for hydroxylation is 2. The second-order valence-electron chi connectivity index (χ2n) is 3.75. The van der Waals surface area contributed by atoms with Crippen LogP contribution in [0.4, 0.5) is 5.69 Å². The van der Waals surface area contributed by atoms with Crippen molar-refractivity contribution in [2.45, 2.75) is 26.4 Å². The molecule has 1 aromatic rings. The van der Waals surface area contributed by atoms with Crippen LogP contribution in [-0.2, 0) is 13.5 Å². The quantitative estimate of drug-likeness (QED) is 0.655. The molecule has 0 aliphatic rings. The molecule has 0 unspecified atom stereocenters. The van der Waals surface area contributed by atoms with Crippen molar-refractivity contribution in [2.75, 3.05) is 12.3 Å². The van der Waals surface area contributed by atoms with E-state index in [0.29, 0.717) is 23.5 Å². The molecule has 1 atom stereocenters. The Balaban J connectivity index is 2.86. The molecule has 0 aliphatic heterocycles. The largest absolute Gasteiger partial charge is 0.395 e. The maximum absolute atomic E-state index is 11.8. The molecule has 4 N–H and O–H groups in total. The number of nitrogen functional groups attached to an aromatic ring is 1. The van der Waals surface area contributed by atoms with Gasteiger partial charge in [0, 0.05) is 13.6 Å². The van der Waals surface area contributed by atoms with E-state index >= 15 is 0 Å². The van der Waals surface area contributed by atoms with E-state index in [9.17, 15) is 4.79 Å². The Morgan fingerprint density at radius 2 is 2.31 bits per heavy atom. The summed E-state index contributed by atoms with van der Waals surface area (Å²) in [5.74, 6) is -0.312. The molecule has 0 aliphatic carbocycles. The van der Waals surface area contributed by atoms with Crippen LogP contribution < -0.4 is 11.1 Å². The fraction of sp³-hybridized carbons (Fsp3) is 0.600. The molecule has 0 saturated heterocycles. The number of aromatic nitrogens is 2. The van der Waals surface area contributed by atoms with Crippen LogP contribution in [-0.4, -0.2) is 33.4 Å². The van der Waals surface area contributed by atoms with Gasteiger partial charge in [0.2, 0.25) is 0 Å². The standard InChI is InChI=1S/C10H18N4O2/c1-4-7-8(11)9(14(3)13-7)10(16)12-5-6(2)15/h6,15H,4-5,11H2,1-3H3,(H,12,16)/t6-/m0/s1. The number of rotatable bonds is 4. The number of aliphatic hydroxyl groups excluding tert-OH is 1. The van der Waals surface area contributed by atoms with Gasteiger partial charge in [-0.25, -0.2) is 0 Å². The highest BCUT2D eigenvalue weighted by Crippen LogP contribution is 2.16. The number of anilines is 1. The molecule has 1 heterocycles. The smallest absolute Gasteiger partial charge is 0.271 e. The molecule has 0 aromatic carbocycles. The van der Waals surface area contributed by atoms with Crippen molar-refractivity contribution in [3.63, 3.8) is 0 Å². The molecule has 0 fully saturated rings. The second kappa shape index (κ2) is 4.98. The highest BCUT2D eigenvalue weighted by Gasteiger charge is 2.18. The summed E-state index contributed by atoms with van der Waals surface area (Å²) >= 11 is 0. The molecule has 1 amide bonds. The summed E-state index contributed by atoms with van der Waals surface area (Å²) < 4.78 is 1.46. The Morgan fingerprint density at radius 1 is 1.69 bits per heavy atom. The van der Waals surface area contributed by atoms with Gasteiger partial charge in [-0.3, -0.25) is 9.48 Å². The average molecular weight is 226 g/mol. The molecule has 0 bridgehead atoms. The molecule has 0 saturated carbocycles. The minimum atomic E-state index is -0.580. The molecule has 1 rings (SSSR count). The Hall–Kier alpha value is -1.56. The Morgan fingerprint density at radius 3 is 2.75 bits per heavy atom. The van der Waals surface area contributed by atoms with Crippen molar-refractivity contribution in [3.05, 3.63) is 11.4 Å². The maximum atomic E-state index is 11.8. The van der Waals surface area contributed by atoms with E-state index in [1.54, 1.807) is 14.0 Å². The van der Waals surface area contributed by atoms with Gasteiger partial charge in [0.1, 0.15) is 5.69 Å². The van der Waals surface area contributed by atoms with Gasteiger partial charge in [-0.1, -0.05) is 6.92 Å². The van der Waals surface area contributed by atoms with Crippen molar-refractivity contribution in [2.24, 2.45) is 7.05 Å². The third kappa shape index (κ3) is 2.52. The van der Waals surface area contributed by atoms with Crippen molar-refractivity contribution in [1.82, 2.24) is 15.1 Å². The average Bonchev–Trinajstić information content (AvgIpc) is 2.50. The van der Waals surface area contributed by atoms with E-state index in [4.69, 9.17) is 10.8 Å². The summed E-state index contributed by atoms with van der Waals surface area (Å²) in [4.78, 5) is 11.8. The summed E-state index contributed by atoms with van der Waals surface area (Å²) in [6.45, 7) is 3.73. The van der Waals surface area contributed by atoms with E-state index in [0.717, 1.165) is 0 Å². The first-order chi connectivity index (χ1) is 7.47. The number of nitrogens with two attached hydrogens (primary N) is 1. The van der Waals surface area contributed by atoms with Crippen molar-refractivity contribution in [3.8, 4) is 0 Å². The molecule has 6 heteroatoms. The van der Waals surface area contributed by atoms with Crippen LogP contribution in [0, 0.1) is 0 Å². The third-order valence-corrected chi connectivity index (χ3v) is 2.27. The maximum Gasteiger partial charge on any atom is 0.271 e. The molecule has 6 nitrogen and oxygen atoms in total. The van der Waals surface area contributed by atoms with Gasteiger partial charge in [0.05, 0.1) is 17.5 Å². The number of hydrogen-bond acceptors (Lipinski definition) is 4. The topological polar surface area (TPSA) is 93.2 Å². The highest BCUT2D eigenvalue weighted by molar-refractivity contribution is 5.97. The fourth-order valence-electron chi connectivity index (χ4n) is 1.45. The van der Waals surface area contributed by atoms with Gasteiger partial charge in [0.15, 0.2) is 0 Å². The summed E-state index contributed by atoms with van der Waals surface area (Å²) in [7, 11) is 1.67. The first-order valence-corrected chi connectivity index (χ1v) is 5.25. The Labute approximate surface area is 94.4 Å².